The van der Waals surface area contributed by atoms with Crippen molar-refractivity contribution in [2.24, 2.45) is 11.8 Å². The average molecular weight is 329 g/mol. The van der Waals surface area contributed by atoms with E-state index in [0.717, 1.165) is 31.1 Å². The molecule has 1 aliphatic carbocycles. The molecule has 3 atom stereocenters. The quantitative estimate of drug-likeness (QED) is 0.892. The summed E-state index contributed by atoms with van der Waals surface area (Å²) in [5.74, 6) is 1.31. The Bertz CT molecular complexity index is 489. The number of carbonyl (C=O) groups excluding carboxylic acids is 1. The van der Waals surface area contributed by atoms with Gasteiger partial charge in [-0.3, -0.25) is 4.79 Å². The van der Waals surface area contributed by atoms with Crippen LogP contribution in [0, 0.1) is 11.8 Å². The van der Waals surface area contributed by atoms with Gasteiger partial charge < -0.3 is 10.6 Å². The molecular formula is C16H22Cl2N2O. The number of amides is 1. The van der Waals surface area contributed by atoms with Crippen molar-refractivity contribution in [2.75, 3.05) is 19.6 Å². The maximum absolute atomic E-state index is 12.2. The molecule has 3 nitrogen and oxygen atoms in total. The summed E-state index contributed by atoms with van der Waals surface area (Å²) >= 11 is 6.00. The average Bonchev–Trinajstić information content (AvgIpc) is 3.26. The normalized spacial score (nSPS) is 27.6. The highest BCUT2D eigenvalue weighted by Crippen LogP contribution is 2.47. The van der Waals surface area contributed by atoms with E-state index in [1.807, 2.05) is 18.2 Å². The molecule has 2 N–H and O–H groups in total. The van der Waals surface area contributed by atoms with Crippen LogP contribution in [-0.4, -0.2) is 25.5 Å². The first-order valence-electron chi connectivity index (χ1n) is 7.48. The molecule has 2 fully saturated rings. The van der Waals surface area contributed by atoms with Crippen LogP contribution >= 0.6 is 24.0 Å². The minimum absolute atomic E-state index is 0. The predicted octanol–water partition coefficient (Wildman–Crippen LogP) is 2.98. The minimum Gasteiger partial charge on any atom is -0.356 e. The molecule has 3 rings (SSSR count). The van der Waals surface area contributed by atoms with E-state index in [4.69, 9.17) is 11.6 Å². The smallest absolute Gasteiger partial charge is 0.223 e. The van der Waals surface area contributed by atoms with Gasteiger partial charge in [-0.1, -0.05) is 23.7 Å². The van der Waals surface area contributed by atoms with E-state index in [0.29, 0.717) is 11.8 Å². The predicted molar refractivity (Wildman–Crippen MR) is 88.2 cm³/mol. The fraction of sp³-hybridized carbons (Fsp3) is 0.562. The summed E-state index contributed by atoms with van der Waals surface area (Å²) in [5.41, 5.74) is 1.19. The zero-order valence-corrected chi connectivity index (χ0v) is 13.6. The Morgan fingerprint density at radius 1 is 1.43 bits per heavy atom. The second-order valence-corrected chi connectivity index (χ2v) is 6.40. The number of halogens is 2. The molecule has 0 aromatic heterocycles. The third kappa shape index (κ3) is 4.35. The largest absolute Gasteiger partial charge is 0.356 e. The Morgan fingerprint density at radius 3 is 3.00 bits per heavy atom. The Kier molecular flexibility index (Phi) is 5.91. The van der Waals surface area contributed by atoms with Gasteiger partial charge in [0.25, 0.3) is 0 Å². The fourth-order valence-electron chi connectivity index (χ4n) is 3.06. The van der Waals surface area contributed by atoms with Crippen molar-refractivity contribution in [3.05, 3.63) is 34.9 Å². The molecule has 1 saturated carbocycles. The molecule has 1 aliphatic heterocycles. The van der Waals surface area contributed by atoms with Gasteiger partial charge in [-0.15, -0.1) is 12.4 Å². The summed E-state index contributed by atoms with van der Waals surface area (Å²) in [5, 5.41) is 7.25. The Morgan fingerprint density at radius 2 is 2.29 bits per heavy atom. The van der Waals surface area contributed by atoms with Gasteiger partial charge in [0.15, 0.2) is 0 Å². The summed E-state index contributed by atoms with van der Waals surface area (Å²) in [6.07, 6.45) is 3.39. The number of hydrogen-bond donors (Lipinski definition) is 2. The topological polar surface area (TPSA) is 41.1 Å². The zero-order chi connectivity index (χ0) is 13.9. The number of nitrogens with one attached hydrogen (secondary N) is 2. The van der Waals surface area contributed by atoms with Crippen molar-refractivity contribution < 1.29 is 4.79 Å². The van der Waals surface area contributed by atoms with E-state index < -0.39 is 0 Å². The van der Waals surface area contributed by atoms with Gasteiger partial charge in [-0.2, -0.15) is 0 Å². The van der Waals surface area contributed by atoms with Crippen molar-refractivity contribution in [1.82, 2.24) is 10.6 Å². The highest BCUT2D eigenvalue weighted by atomic mass is 35.5. The van der Waals surface area contributed by atoms with Crippen molar-refractivity contribution in [1.29, 1.82) is 0 Å². The molecule has 1 saturated heterocycles. The van der Waals surface area contributed by atoms with Crippen molar-refractivity contribution in [3.63, 3.8) is 0 Å². The van der Waals surface area contributed by atoms with Crippen LogP contribution in [0.5, 0.6) is 0 Å². The summed E-state index contributed by atoms with van der Waals surface area (Å²) in [6, 6.07) is 7.87. The maximum atomic E-state index is 12.2. The highest BCUT2D eigenvalue weighted by molar-refractivity contribution is 6.30. The third-order valence-corrected chi connectivity index (χ3v) is 4.60. The minimum atomic E-state index is 0. The summed E-state index contributed by atoms with van der Waals surface area (Å²) in [4.78, 5) is 12.2. The van der Waals surface area contributed by atoms with E-state index >= 15 is 0 Å². The molecule has 1 aromatic rings. The van der Waals surface area contributed by atoms with Crippen LogP contribution in [0.25, 0.3) is 0 Å². The number of benzene rings is 1. The summed E-state index contributed by atoms with van der Waals surface area (Å²) in [6.45, 7) is 2.96. The lowest BCUT2D eigenvalue weighted by atomic mass is 10.00. The highest BCUT2D eigenvalue weighted by Gasteiger charge is 2.43. The first-order chi connectivity index (χ1) is 9.74. The Balaban J connectivity index is 0.00000161. The molecule has 5 heteroatoms. The van der Waals surface area contributed by atoms with Crippen LogP contribution in [0.3, 0.4) is 0 Å². The van der Waals surface area contributed by atoms with Crippen LogP contribution in [-0.2, 0) is 4.79 Å². The SMILES string of the molecule is Cl.O=C(NCC1CCCNC1)C1CC1c1cccc(Cl)c1. The van der Waals surface area contributed by atoms with Gasteiger partial charge in [0.1, 0.15) is 0 Å². The standard InChI is InChI=1S/C16H21ClN2O.ClH/c17-13-5-1-4-12(7-13)14-8-15(14)16(20)19-10-11-3-2-6-18-9-11;/h1,4-5,7,11,14-15,18H,2-3,6,8-10H2,(H,19,20);1H. The molecule has 0 radical (unpaired) electrons. The van der Waals surface area contributed by atoms with E-state index in [9.17, 15) is 4.79 Å². The van der Waals surface area contributed by atoms with Gasteiger partial charge in [-0.25, -0.2) is 0 Å². The molecule has 1 heterocycles. The molecular weight excluding hydrogens is 307 g/mol. The lowest BCUT2D eigenvalue weighted by Gasteiger charge is -2.22. The third-order valence-electron chi connectivity index (χ3n) is 4.37. The Hall–Kier alpha value is -0.770. The maximum Gasteiger partial charge on any atom is 0.223 e. The molecule has 3 unspecified atom stereocenters. The number of hydrogen-bond acceptors (Lipinski definition) is 2. The lowest BCUT2D eigenvalue weighted by molar-refractivity contribution is -0.122. The van der Waals surface area contributed by atoms with Crippen molar-refractivity contribution in [2.45, 2.75) is 25.2 Å². The van der Waals surface area contributed by atoms with Gasteiger partial charge in [-0.05, 0) is 61.9 Å². The number of piperidine rings is 1. The van der Waals surface area contributed by atoms with Crippen LogP contribution in [0.2, 0.25) is 5.02 Å². The molecule has 1 aromatic carbocycles. The van der Waals surface area contributed by atoms with E-state index in [-0.39, 0.29) is 24.2 Å². The number of carbonyl (C=O) groups is 1. The second kappa shape index (κ2) is 7.48. The fourth-order valence-corrected chi connectivity index (χ4v) is 3.26. The van der Waals surface area contributed by atoms with Crippen molar-refractivity contribution in [3.8, 4) is 0 Å². The second-order valence-electron chi connectivity index (χ2n) is 5.96. The molecule has 0 bridgehead atoms. The van der Waals surface area contributed by atoms with Gasteiger partial charge in [0, 0.05) is 17.5 Å². The monoisotopic (exact) mass is 328 g/mol. The first-order valence-corrected chi connectivity index (χ1v) is 7.86. The van der Waals surface area contributed by atoms with E-state index in [1.54, 1.807) is 0 Å². The van der Waals surface area contributed by atoms with Crippen LogP contribution in [0.4, 0.5) is 0 Å². The molecule has 116 valence electrons. The number of rotatable bonds is 4. The summed E-state index contributed by atoms with van der Waals surface area (Å²) in [7, 11) is 0. The van der Waals surface area contributed by atoms with Gasteiger partial charge >= 0.3 is 0 Å². The van der Waals surface area contributed by atoms with E-state index in [2.05, 4.69) is 16.7 Å². The van der Waals surface area contributed by atoms with Gasteiger partial charge in [0.05, 0.1) is 0 Å². The zero-order valence-electron chi connectivity index (χ0n) is 12.0. The van der Waals surface area contributed by atoms with Crippen molar-refractivity contribution >= 4 is 29.9 Å². The van der Waals surface area contributed by atoms with Gasteiger partial charge in [0.2, 0.25) is 5.91 Å². The Labute approximate surface area is 137 Å². The first kappa shape index (κ1) is 16.6. The molecule has 2 aliphatic rings. The van der Waals surface area contributed by atoms with E-state index in [1.165, 1.54) is 18.4 Å². The molecule has 21 heavy (non-hydrogen) atoms. The van der Waals surface area contributed by atoms with Crippen LogP contribution < -0.4 is 10.6 Å². The van der Waals surface area contributed by atoms with Crippen LogP contribution in [0.15, 0.2) is 24.3 Å². The molecule has 0 spiro atoms. The van der Waals surface area contributed by atoms with Crippen LogP contribution in [0.1, 0.15) is 30.7 Å². The molecule has 1 amide bonds. The lowest BCUT2D eigenvalue weighted by Crippen LogP contribution is -2.38. The summed E-state index contributed by atoms with van der Waals surface area (Å²) < 4.78 is 0.